The van der Waals surface area contributed by atoms with Crippen LogP contribution in [0.15, 0.2) is 15.0 Å². The molecule has 0 bridgehead atoms. The molecule has 0 aliphatic carbocycles. The smallest absolute Gasteiger partial charge is 0.0490 e. The molecule has 2 nitrogen and oxygen atoms in total. The van der Waals surface area contributed by atoms with Crippen LogP contribution in [0.2, 0.25) is 0 Å². The Hall–Kier alpha value is -0.400. The number of hydrogen-bond donors (Lipinski definition) is 0. The summed E-state index contributed by atoms with van der Waals surface area (Å²) in [7, 11) is 0. The van der Waals surface area contributed by atoms with Crippen molar-refractivity contribution in [1.82, 2.24) is 0 Å². The fraction of sp³-hybridized carbons (Fsp3) is 0.250. The summed E-state index contributed by atoms with van der Waals surface area (Å²) in [5, 5.41) is 8.69. The molecule has 1 aromatic rings. The van der Waals surface area contributed by atoms with E-state index in [-0.39, 0.29) is 0 Å². The summed E-state index contributed by atoms with van der Waals surface area (Å²) in [6.45, 7) is 3.89. The Bertz CT molecular complexity index is 366. The van der Waals surface area contributed by atoms with E-state index in [9.17, 15) is 0 Å². The molecule has 12 heavy (non-hydrogen) atoms. The van der Waals surface area contributed by atoms with Crippen molar-refractivity contribution in [2.24, 2.45) is 0 Å². The van der Waals surface area contributed by atoms with Gasteiger partial charge in [-0.15, -0.1) is 0 Å². The van der Waals surface area contributed by atoms with E-state index < -0.39 is 0 Å². The molecule has 62 valence electrons. The Morgan fingerprint density at radius 2 is 1.75 bits per heavy atom. The van der Waals surface area contributed by atoms with Gasteiger partial charge in [-0.3, -0.25) is 0 Å². The van der Waals surface area contributed by atoms with Crippen molar-refractivity contribution in [2.45, 2.75) is 13.8 Å². The van der Waals surface area contributed by atoms with Crippen molar-refractivity contribution in [3.8, 4) is 0 Å². The monoisotopic (exact) mass is 289 g/mol. The second-order valence-corrected chi connectivity index (χ2v) is 4.17. The molecule has 0 aliphatic rings. The number of hydrogen-bond acceptors (Lipinski definition) is 1. The lowest BCUT2D eigenvalue weighted by Crippen LogP contribution is -1.82. The summed E-state index contributed by atoms with van der Waals surface area (Å²) in [5.74, 6) is 0. The Morgan fingerprint density at radius 3 is 2.25 bits per heavy atom. The van der Waals surface area contributed by atoms with Crippen LogP contribution in [0.25, 0.3) is 4.98 Å². The molecule has 0 aromatic heterocycles. The maximum absolute atomic E-state index is 8.69. The van der Waals surface area contributed by atoms with Crippen LogP contribution in [0, 0.1) is 19.2 Å². The Morgan fingerprint density at radius 1 is 1.17 bits per heavy atom. The van der Waals surface area contributed by atoms with Crippen molar-refractivity contribution in [3.63, 3.8) is 0 Å². The molecule has 0 aliphatic heterocycles. The predicted molar refractivity (Wildman–Crippen MR) is 56.1 cm³/mol. The molecule has 0 spiro atoms. The minimum atomic E-state index is 0.576. The van der Waals surface area contributed by atoms with Crippen molar-refractivity contribution >= 4 is 37.5 Å². The van der Waals surface area contributed by atoms with Gasteiger partial charge >= 0.3 is 5.69 Å². The molecule has 4 heteroatoms. The van der Waals surface area contributed by atoms with E-state index in [1.165, 1.54) is 0 Å². The predicted octanol–water partition coefficient (Wildman–Crippen LogP) is 4.31. The Labute approximate surface area is 87.9 Å². The normalized spacial score (nSPS) is 9.58. The highest BCUT2D eigenvalue weighted by Crippen LogP contribution is 2.37. The molecule has 0 unspecified atom stereocenters. The van der Waals surface area contributed by atoms with Crippen LogP contribution in [-0.4, -0.2) is 0 Å². The number of nitrogens with zero attached hydrogens (tertiary/aromatic N) is 2. The third-order valence-corrected chi connectivity index (χ3v) is 3.98. The van der Waals surface area contributed by atoms with Crippen LogP contribution < -0.4 is 0 Å². The SMILES string of the molecule is Cc1cc(C)c([N+]#N)c(Br)c1Br. The van der Waals surface area contributed by atoms with Gasteiger partial charge in [0.2, 0.25) is 5.39 Å². The largest absolute Gasteiger partial charge is 0.403 e. The molecule has 1 aromatic carbocycles. The van der Waals surface area contributed by atoms with E-state index in [1.807, 2.05) is 19.9 Å². The van der Waals surface area contributed by atoms with Gasteiger partial charge in [0.05, 0.1) is 0 Å². The van der Waals surface area contributed by atoms with Crippen LogP contribution in [0.3, 0.4) is 0 Å². The maximum atomic E-state index is 8.69. The molecular formula is C8H7Br2N2+. The minimum Gasteiger partial charge on any atom is -0.0490 e. The maximum Gasteiger partial charge on any atom is 0.403 e. The highest BCUT2D eigenvalue weighted by atomic mass is 79.9. The number of aryl methyl sites for hydroxylation is 2. The van der Waals surface area contributed by atoms with Crippen LogP contribution in [0.5, 0.6) is 0 Å². The Kier molecular flexibility index (Phi) is 2.86. The first-order valence-electron chi connectivity index (χ1n) is 3.38. The molecule has 0 fully saturated rings. The van der Waals surface area contributed by atoms with Gasteiger partial charge < -0.3 is 0 Å². The van der Waals surface area contributed by atoms with Gasteiger partial charge in [-0.1, -0.05) is 0 Å². The highest BCUT2D eigenvalue weighted by Gasteiger charge is 2.19. The van der Waals surface area contributed by atoms with E-state index >= 15 is 0 Å². The third-order valence-electron chi connectivity index (χ3n) is 1.65. The fourth-order valence-electron chi connectivity index (χ4n) is 1.03. The zero-order valence-electron chi connectivity index (χ0n) is 6.73. The molecule has 0 heterocycles. The Balaban J connectivity index is 3.54. The summed E-state index contributed by atoms with van der Waals surface area (Å²) < 4.78 is 1.73. The van der Waals surface area contributed by atoms with Crippen molar-refractivity contribution < 1.29 is 0 Å². The van der Waals surface area contributed by atoms with E-state index in [2.05, 4.69) is 36.8 Å². The zero-order chi connectivity index (χ0) is 9.30. The lowest BCUT2D eigenvalue weighted by molar-refractivity contribution is 1.33. The first-order valence-corrected chi connectivity index (χ1v) is 4.96. The van der Waals surface area contributed by atoms with Gasteiger partial charge in [0, 0.05) is 10.0 Å². The van der Waals surface area contributed by atoms with Gasteiger partial charge in [-0.2, -0.15) is 0 Å². The molecule has 0 amide bonds. The zero-order valence-corrected chi connectivity index (χ0v) is 9.90. The van der Waals surface area contributed by atoms with Gasteiger partial charge in [0.1, 0.15) is 4.47 Å². The van der Waals surface area contributed by atoms with E-state index in [4.69, 9.17) is 5.39 Å². The summed E-state index contributed by atoms with van der Waals surface area (Å²) in [4.78, 5) is 3.19. The lowest BCUT2D eigenvalue weighted by atomic mass is 10.1. The molecule has 0 N–H and O–H groups in total. The number of rotatable bonds is 0. The summed E-state index contributed by atoms with van der Waals surface area (Å²) in [5.41, 5.74) is 2.64. The molecular weight excluding hydrogens is 284 g/mol. The second kappa shape index (κ2) is 3.55. The first kappa shape index (κ1) is 9.69. The molecule has 0 radical (unpaired) electrons. The fourth-order valence-corrected chi connectivity index (χ4v) is 2.04. The highest BCUT2D eigenvalue weighted by molar-refractivity contribution is 9.13. The number of benzene rings is 1. The third kappa shape index (κ3) is 1.52. The van der Waals surface area contributed by atoms with E-state index in [1.54, 1.807) is 0 Å². The van der Waals surface area contributed by atoms with E-state index in [0.717, 1.165) is 20.1 Å². The molecule has 0 saturated heterocycles. The van der Waals surface area contributed by atoms with Gasteiger partial charge in [-0.05, 0) is 57.3 Å². The van der Waals surface area contributed by atoms with Crippen LogP contribution >= 0.6 is 31.9 Å². The number of diazo groups is 1. The summed E-state index contributed by atoms with van der Waals surface area (Å²) >= 11 is 6.73. The molecule has 0 atom stereocenters. The molecule has 1 rings (SSSR count). The second-order valence-electron chi connectivity index (χ2n) is 2.59. The molecule has 0 saturated carbocycles. The lowest BCUT2D eigenvalue weighted by Gasteiger charge is -1.99. The van der Waals surface area contributed by atoms with Crippen molar-refractivity contribution in [3.05, 3.63) is 31.1 Å². The van der Waals surface area contributed by atoms with Gasteiger partial charge in [-0.25, -0.2) is 0 Å². The van der Waals surface area contributed by atoms with Gasteiger partial charge in [0.25, 0.3) is 0 Å². The summed E-state index contributed by atoms with van der Waals surface area (Å²) in [6, 6.07) is 1.96. The van der Waals surface area contributed by atoms with Crippen LogP contribution in [0.4, 0.5) is 5.69 Å². The standard InChI is InChI=1S/C8H7Br2N2/c1-4-3-5(2)8(12-11)7(10)6(4)9/h3H,1-2H3/q+1. The average molecular weight is 291 g/mol. The van der Waals surface area contributed by atoms with Crippen molar-refractivity contribution in [1.29, 1.82) is 5.39 Å². The van der Waals surface area contributed by atoms with E-state index in [0.29, 0.717) is 5.69 Å². The van der Waals surface area contributed by atoms with Crippen LogP contribution in [0.1, 0.15) is 11.1 Å². The summed E-state index contributed by atoms with van der Waals surface area (Å²) in [6.07, 6.45) is 0. The van der Waals surface area contributed by atoms with Crippen molar-refractivity contribution in [2.75, 3.05) is 0 Å². The minimum absolute atomic E-state index is 0.576. The van der Waals surface area contributed by atoms with Gasteiger partial charge in [0.15, 0.2) is 4.98 Å². The average Bonchev–Trinajstić information content (AvgIpc) is 2.01. The van der Waals surface area contributed by atoms with Crippen LogP contribution in [-0.2, 0) is 0 Å². The number of halogens is 2. The first-order chi connectivity index (χ1) is 5.57. The quantitative estimate of drug-likeness (QED) is 0.654. The topological polar surface area (TPSA) is 28.1 Å².